The van der Waals surface area contributed by atoms with E-state index >= 15 is 0 Å². The standard InChI is InChI=1S/C21H21ClN4O3/c1-29-19-8-3-15(14-23)13-18(19)24-21(28)26-10-2-9-25(11-12-26)20(27)16-4-6-17(22)7-5-16/h3-8,13H,2,9-12H2,1H3,(H,24,28). The maximum atomic E-state index is 12.7. The lowest BCUT2D eigenvalue weighted by molar-refractivity contribution is 0.0762. The van der Waals surface area contributed by atoms with Crippen molar-refractivity contribution in [2.75, 3.05) is 38.6 Å². The topological polar surface area (TPSA) is 85.7 Å². The summed E-state index contributed by atoms with van der Waals surface area (Å²) in [4.78, 5) is 28.8. The molecule has 1 N–H and O–H groups in total. The second-order valence-corrected chi connectivity index (χ2v) is 7.03. The Labute approximate surface area is 174 Å². The molecule has 0 aromatic heterocycles. The summed E-state index contributed by atoms with van der Waals surface area (Å²) in [5.74, 6) is 0.402. The number of benzene rings is 2. The summed E-state index contributed by atoms with van der Waals surface area (Å²) >= 11 is 5.89. The Kier molecular flexibility index (Phi) is 6.57. The second-order valence-electron chi connectivity index (χ2n) is 6.60. The third-order valence-electron chi connectivity index (χ3n) is 4.73. The molecule has 0 saturated carbocycles. The van der Waals surface area contributed by atoms with Crippen LogP contribution in [0, 0.1) is 11.3 Å². The molecule has 0 radical (unpaired) electrons. The van der Waals surface area contributed by atoms with Crippen LogP contribution in [-0.2, 0) is 0 Å². The van der Waals surface area contributed by atoms with Crippen LogP contribution in [0.5, 0.6) is 5.75 Å². The fraction of sp³-hybridized carbons (Fsp3) is 0.286. The average molecular weight is 413 g/mol. The summed E-state index contributed by atoms with van der Waals surface area (Å²) in [6.45, 7) is 1.94. The van der Waals surface area contributed by atoms with E-state index in [4.69, 9.17) is 21.6 Å². The molecular weight excluding hydrogens is 392 g/mol. The minimum atomic E-state index is -0.292. The van der Waals surface area contributed by atoms with Crippen LogP contribution in [0.3, 0.4) is 0 Å². The molecule has 0 aliphatic carbocycles. The van der Waals surface area contributed by atoms with Gasteiger partial charge in [-0.05, 0) is 48.9 Å². The molecule has 150 valence electrons. The Morgan fingerprint density at radius 3 is 2.45 bits per heavy atom. The number of urea groups is 1. The van der Waals surface area contributed by atoms with E-state index in [-0.39, 0.29) is 11.9 Å². The van der Waals surface area contributed by atoms with Gasteiger partial charge in [0.1, 0.15) is 5.75 Å². The van der Waals surface area contributed by atoms with Crippen LogP contribution >= 0.6 is 11.6 Å². The zero-order chi connectivity index (χ0) is 20.8. The van der Waals surface area contributed by atoms with Gasteiger partial charge in [-0.15, -0.1) is 0 Å². The van der Waals surface area contributed by atoms with Gasteiger partial charge in [-0.25, -0.2) is 4.79 Å². The largest absolute Gasteiger partial charge is 0.495 e. The number of amides is 3. The SMILES string of the molecule is COc1ccc(C#N)cc1NC(=O)N1CCCN(C(=O)c2ccc(Cl)cc2)CC1. The number of halogens is 1. The van der Waals surface area contributed by atoms with Gasteiger partial charge in [0.25, 0.3) is 5.91 Å². The maximum absolute atomic E-state index is 12.7. The number of carbonyl (C=O) groups is 2. The van der Waals surface area contributed by atoms with Crippen LogP contribution in [0.2, 0.25) is 5.02 Å². The summed E-state index contributed by atoms with van der Waals surface area (Å²) in [7, 11) is 1.50. The highest BCUT2D eigenvalue weighted by molar-refractivity contribution is 6.30. The van der Waals surface area contributed by atoms with Gasteiger partial charge in [-0.2, -0.15) is 5.26 Å². The molecule has 2 aromatic carbocycles. The van der Waals surface area contributed by atoms with Gasteiger partial charge >= 0.3 is 6.03 Å². The highest BCUT2D eigenvalue weighted by atomic mass is 35.5. The number of nitrogens with zero attached hydrogens (tertiary/aromatic N) is 3. The summed E-state index contributed by atoms with van der Waals surface area (Å²) in [6.07, 6.45) is 0.669. The van der Waals surface area contributed by atoms with E-state index in [0.29, 0.717) is 60.2 Å². The Bertz CT molecular complexity index is 940. The summed E-state index contributed by atoms with van der Waals surface area (Å²) < 4.78 is 5.26. The molecular formula is C21H21ClN4O3. The molecule has 29 heavy (non-hydrogen) atoms. The second kappa shape index (κ2) is 9.30. The van der Waals surface area contributed by atoms with Crippen LogP contribution < -0.4 is 10.1 Å². The van der Waals surface area contributed by atoms with Gasteiger partial charge in [0, 0.05) is 36.8 Å². The molecule has 0 spiro atoms. The first-order chi connectivity index (χ1) is 14.0. The summed E-state index contributed by atoms with van der Waals surface area (Å²) in [5.41, 5.74) is 1.44. The fourth-order valence-corrected chi connectivity index (χ4v) is 3.29. The molecule has 1 saturated heterocycles. The molecule has 7 nitrogen and oxygen atoms in total. The van der Waals surface area contributed by atoms with Crippen molar-refractivity contribution in [3.63, 3.8) is 0 Å². The molecule has 0 atom stereocenters. The van der Waals surface area contributed by atoms with Crippen LogP contribution in [0.1, 0.15) is 22.3 Å². The van der Waals surface area contributed by atoms with Gasteiger partial charge < -0.3 is 19.9 Å². The monoisotopic (exact) mass is 412 g/mol. The lowest BCUT2D eigenvalue weighted by Gasteiger charge is -2.23. The van der Waals surface area contributed by atoms with Crippen molar-refractivity contribution in [2.45, 2.75) is 6.42 Å². The van der Waals surface area contributed by atoms with E-state index in [1.807, 2.05) is 6.07 Å². The highest BCUT2D eigenvalue weighted by Gasteiger charge is 2.23. The molecule has 0 unspecified atom stereocenters. The van der Waals surface area contributed by atoms with E-state index in [2.05, 4.69) is 5.32 Å². The van der Waals surface area contributed by atoms with Crippen molar-refractivity contribution in [1.82, 2.24) is 9.80 Å². The van der Waals surface area contributed by atoms with E-state index in [9.17, 15) is 9.59 Å². The van der Waals surface area contributed by atoms with Gasteiger partial charge in [-0.1, -0.05) is 11.6 Å². The fourth-order valence-electron chi connectivity index (χ4n) is 3.17. The number of methoxy groups -OCH3 is 1. The minimum Gasteiger partial charge on any atom is -0.495 e. The molecule has 1 fully saturated rings. The first-order valence-corrected chi connectivity index (χ1v) is 9.58. The van der Waals surface area contributed by atoms with Crippen molar-refractivity contribution < 1.29 is 14.3 Å². The number of ether oxygens (including phenoxy) is 1. The third kappa shape index (κ3) is 4.98. The van der Waals surface area contributed by atoms with Crippen molar-refractivity contribution in [3.8, 4) is 11.8 Å². The highest BCUT2D eigenvalue weighted by Crippen LogP contribution is 2.25. The number of carbonyl (C=O) groups excluding carboxylic acids is 2. The Balaban J connectivity index is 1.65. The van der Waals surface area contributed by atoms with Gasteiger partial charge in [0.05, 0.1) is 24.4 Å². The number of hydrogen-bond donors (Lipinski definition) is 1. The Hall–Kier alpha value is -3.24. The number of hydrogen-bond acceptors (Lipinski definition) is 4. The maximum Gasteiger partial charge on any atom is 0.322 e. The number of nitriles is 1. The van der Waals surface area contributed by atoms with Crippen molar-refractivity contribution in [2.24, 2.45) is 0 Å². The predicted molar refractivity (Wildman–Crippen MR) is 110 cm³/mol. The summed E-state index contributed by atoms with van der Waals surface area (Å²) in [5, 5.41) is 12.5. The van der Waals surface area contributed by atoms with E-state index in [1.165, 1.54) is 7.11 Å². The van der Waals surface area contributed by atoms with Crippen LogP contribution in [-0.4, -0.2) is 55.0 Å². The number of nitrogens with one attached hydrogen (secondary N) is 1. The zero-order valence-electron chi connectivity index (χ0n) is 16.0. The molecule has 1 aliphatic rings. The molecule has 3 amide bonds. The number of anilines is 1. The summed E-state index contributed by atoms with van der Waals surface area (Å²) in [6, 6.07) is 13.4. The molecule has 2 aromatic rings. The Morgan fingerprint density at radius 1 is 1.07 bits per heavy atom. The van der Waals surface area contributed by atoms with Gasteiger partial charge in [0.15, 0.2) is 0 Å². The van der Waals surface area contributed by atoms with E-state index in [1.54, 1.807) is 52.3 Å². The van der Waals surface area contributed by atoms with E-state index in [0.717, 1.165) is 0 Å². The van der Waals surface area contributed by atoms with Gasteiger partial charge in [0.2, 0.25) is 0 Å². The first-order valence-electron chi connectivity index (χ1n) is 9.20. The van der Waals surface area contributed by atoms with Crippen molar-refractivity contribution in [1.29, 1.82) is 5.26 Å². The van der Waals surface area contributed by atoms with E-state index < -0.39 is 0 Å². The lowest BCUT2D eigenvalue weighted by atomic mass is 10.2. The first kappa shape index (κ1) is 20.5. The van der Waals surface area contributed by atoms with Crippen LogP contribution in [0.25, 0.3) is 0 Å². The zero-order valence-corrected chi connectivity index (χ0v) is 16.8. The average Bonchev–Trinajstić information content (AvgIpc) is 3.00. The van der Waals surface area contributed by atoms with Crippen LogP contribution in [0.15, 0.2) is 42.5 Å². The third-order valence-corrected chi connectivity index (χ3v) is 4.98. The normalized spacial score (nSPS) is 14.0. The van der Waals surface area contributed by atoms with Crippen LogP contribution in [0.4, 0.5) is 10.5 Å². The smallest absolute Gasteiger partial charge is 0.322 e. The predicted octanol–water partition coefficient (Wildman–Crippen LogP) is 3.60. The number of rotatable bonds is 3. The van der Waals surface area contributed by atoms with Crippen molar-refractivity contribution >= 4 is 29.2 Å². The molecule has 8 heteroatoms. The molecule has 1 heterocycles. The molecule has 0 bridgehead atoms. The Morgan fingerprint density at radius 2 is 1.76 bits per heavy atom. The molecule has 3 rings (SSSR count). The van der Waals surface area contributed by atoms with Gasteiger partial charge in [-0.3, -0.25) is 4.79 Å². The lowest BCUT2D eigenvalue weighted by Crippen LogP contribution is -2.39. The quantitative estimate of drug-likeness (QED) is 0.834. The minimum absolute atomic E-state index is 0.0766. The van der Waals surface area contributed by atoms with Crippen molar-refractivity contribution in [3.05, 3.63) is 58.6 Å². The molecule has 1 aliphatic heterocycles.